The molecule has 1 heterocycles. The number of phenolic OH excluding ortho intramolecular Hbond substituents is 1. The first-order valence-electron chi connectivity index (χ1n) is 4.48. The molecular formula is C10H11N3OS. The summed E-state index contributed by atoms with van der Waals surface area (Å²) < 4.78 is 1.76. The van der Waals surface area contributed by atoms with Crippen molar-refractivity contribution >= 4 is 11.8 Å². The molecule has 0 saturated carbocycles. The quantitative estimate of drug-likeness (QED) is 0.788. The third-order valence-corrected chi connectivity index (χ3v) is 2.56. The van der Waals surface area contributed by atoms with Crippen molar-refractivity contribution in [3.05, 3.63) is 30.1 Å². The molecule has 1 aromatic heterocycles. The van der Waals surface area contributed by atoms with E-state index in [4.69, 9.17) is 0 Å². The van der Waals surface area contributed by atoms with Crippen LogP contribution in [0.2, 0.25) is 0 Å². The second kappa shape index (κ2) is 3.94. The summed E-state index contributed by atoms with van der Waals surface area (Å²) in [7, 11) is 0. The Kier molecular flexibility index (Phi) is 2.64. The van der Waals surface area contributed by atoms with E-state index in [-0.39, 0.29) is 5.75 Å². The van der Waals surface area contributed by atoms with Crippen LogP contribution >= 0.6 is 11.8 Å². The number of aromatic nitrogens is 3. The first-order chi connectivity index (χ1) is 7.20. The Balaban J connectivity index is 2.44. The van der Waals surface area contributed by atoms with Gasteiger partial charge in [-0.05, 0) is 37.4 Å². The molecule has 5 heteroatoms. The number of aryl methyl sites for hydroxylation is 1. The van der Waals surface area contributed by atoms with Crippen molar-refractivity contribution in [3.8, 4) is 11.4 Å². The maximum atomic E-state index is 9.17. The minimum Gasteiger partial charge on any atom is -0.508 e. The van der Waals surface area contributed by atoms with Crippen molar-refractivity contribution in [2.45, 2.75) is 12.1 Å². The number of hydrogen-bond donors (Lipinski definition) is 1. The second-order valence-corrected chi connectivity index (χ2v) is 3.85. The van der Waals surface area contributed by atoms with Gasteiger partial charge in [-0.25, -0.2) is 9.67 Å². The maximum Gasteiger partial charge on any atom is 0.208 e. The van der Waals surface area contributed by atoms with Gasteiger partial charge in [0.05, 0.1) is 5.69 Å². The lowest BCUT2D eigenvalue weighted by atomic mass is 10.3. The van der Waals surface area contributed by atoms with Gasteiger partial charge in [0.2, 0.25) is 5.16 Å². The normalized spacial score (nSPS) is 10.5. The molecule has 0 saturated heterocycles. The van der Waals surface area contributed by atoms with Crippen molar-refractivity contribution in [2.24, 2.45) is 0 Å². The van der Waals surface area contributed by atoms with E-state index in [2.05, 4.69) is 10.1 Å². The number of hydrogen-bond acceptors (Lipinski definition) is 4. The minimum absolute atomic E-state index is 0.251. The highest BCUT2D eigenvalue weighted by atomic mass is 32.2. The second-order valence-electron chi connectivity index (χ2n) is 3.07. The van der Waals surface area contributed by atoms with E-state index < -0.39 is 0 Å². The van der Waals surface area contributed by atoms with E-state index in [9.17, 15) is 5.11 Å². The SMILES string of the molecule is CSc1nc(C)n(-c2ccc(O)cc2)n1. The van der Waals surface area contributed by atoms with Crippen molar-refractivity contribution in [1.29, 1.82) is 0 Å². The number of benzene rings is 1. The summed E-state index contributed by atoms with van der Waals surface area (Å²) >= 11 is 1.51. The van der Waals surface area contributed by atoms with E-state index in [1.165, 1.54) is 11.8 Å². The van der Waals surface area contributed by atoms with Crippen LogP contribution in [0.1, 0.15) is 5.82 Å². The van der Waals surface area contributed by atoms with Crippen LogP contribution in [-0.4, -0.2) is 26.1 Å². The summed E-state index contributed by atoms with van der Waals surface area (Å²) in [4.78, 5) is 4.28. The summed E-state index contributed by atoms with van der Waals surface area (Å²) in [6, 6.07) is 6.88. The Morgan fingerprint density at radius 2 is 1.93 bits per heavy atom. The molecule has 0 unspecified atom stereocenters. The van der Waals surface area contributed by atoms with Gasteiger partial charge >= 0.3 is 0 Å². The van der Waals surface area contributed by atoms with Gasteiger partial charge in [0.1, 0.15) is 11.6 Å². The zero-order valence-corrected chi connectivity index (χ0v) is 9.32. The topological polar surface area (TPSA) is 50.9 Å². The van der Waals surface area contributed by atoms with Crippen LogP contribution in [0.25, 0.3) is 5.69 Å². The molecule has 0 atom stereocenters. The fraction of sp³-hybridized carbons (Fsp3) is 0.200. The standard InChI is InChI=1S/C10H11N3OS/c1-7-11-10(15-2)12-13(7)8-3-5-9(14)6-4-8/h3-6,14H,1-2H3. The number of rotatable bonds is 2. The van der Waals surface area contributed by atoms with Crippen LogP contribution in [-0.2, 0) is 0 Å². The molecule has 1 aromatic carbocycles. The Bertz CT molecular complexity index is 464. The first-order valence-corrected chi connectivity index (χ1v) is 5.70. The third-order valence-electron chi connectivity index (χ3n) is 2.03. The monoisotopic (exact) mass is 221 g/mol. The van der Waals surface area contributed by atoms with Crippen molar-refractivity contribution < 1.29 is 5.11 Å². The van der Waals surface area contributed by atoms with E-state index in [1.54, 1.807) is 28.9 Å². The highest BCUT2D eigenvalue weighted by Crippen LogP contribution is 2.16. The Labute approximate surface area is 92.0 Å². The average Bonchev–Trinajstić information content (AvgIpc) is 2.61. The fourth-order valence-corrected chi connectivity index (χ4v) is 1.68. The molecule has 0 amide bonds. The number of nitrogens with zero attached hydrogens (tertiary/aromatic N) is 3. The lowest BCUT2D eigenvalue weighted by Crippen LogP contribution is -1.98. The number of aromatic hydroxyl groups is 1. The Hall–Kier alpha value is -1.49. The molecule has 0 aliphatic heterocycles. The largest absolute Gasteiger partial charge is 0.508 e. The summed E-state index contributed by atoms with van der Waals surface area (Å²) in [5.41, 5.74) is 0.901. The smallest absolute Gasteiger partial charge is 0.208 e. The molecule has 1 N–H and O–H groups in total. The van der Waals surface area contributed by atoms with Crippen LogP contribution in [0, 0.1) is 6.92 Å². The van der Waals surface area contributed by atoms with E-state index >= 15 is 0 Å². The lowest BCUT2D eigenvalue weighted by molar-refractivity contribution is 0.475. The van der Waals surface area contributed by atoms with Gasteiger partial charge in [-0.3, -0.25) is 0 Å². The summed E-state index contributed by atoms with van der Waals surface area (Å²) in [6.45, 7) is 1.90. The summed E-state index contributed by atoms with van der Waals surface area (Å²) in [6.07, 6.45) is 1.94. The predicted molar refractivity (Wildman–Crippen MR) is 59.5 cm³/mol. The Morgan fingerprint density at radius 3 is 2.47 bits per heavy atom. The molecule has 15 heavy (non-hydrogen) atoms. The molecule has 0 radical (unpaired) electrons. The molecule has 2 aromatic rings. The van der Waals surface area contributed by atoms with Crippen molar-refractivity contribution in [3.63, 3.8) is 0 Å². The number of thioether (sulfide) groups is 1. The van der Waals surface area contributed by atoms with Gasteiger partial charge in [-0.1, -0.05) is 11.8 Å². The van der Waals surface area contributed by atoms with Crippen LogP contribution in [0.15, 0.2) is 29.4 Å². The molecule has 78 valence electrons. The predicted octanol–water partition coefficient (Wildman–Crippen LogP) is 2.00. The van der Waals surface area contributed by atoms with Gasteiger partial charge in [0.15, 0.2) is 0 Å². The highest BCUT2D eigenvalue weighted by Gasteiger charge is 2.06. The van der Waals surface area contributed by atoms with Gasteiger partial charge in [0.25, 0.3) is 0 Å². The molecule has 0 bridgehead atoms. The zero-order chi connectivity index (χ0) is 10.8. The van der Waals surface area contributed by atoms with Gasteiger partial charge < -0.3 is 5.11 Å². The maximum absolute atomic E-state index is 9.17. The first kappa shape index (κ1) is 10.0. The van der Waals surface area contributed by atoms with Gasteiger partial charge in [-0.2, -0.15) is 0 Å². The van der Waals surface area contributed by atoms with E-state index in [0.717, 1.165) is 16.7 Å². The highest BCUT2D eigenvalue weighted by molar-refractivity contribution is 7.98. The van der Waals surface area contributed by atoms with Crippen LogP contribution in [0.5, 0.6) is 5.75 Å². The zero-order valence-electron chi connectivity index (χ0n) is 8.51. The van der Waals surface area contributed by atoms with Gasteiger partial charge in [-0.15, -0.1) is 5.10 Å². The van der Waals surface area contributed by atoms with Gasteiger partial charge in [0, 0.05) is 0 Å². The lowest BCUT2D eigenvalue weighted by Gasteiger charge is -2.01. The molecule has 0 fully saturated rings. The molecule has 4 nitrogen and oxygen atoms in total. The molecular weight excluding hydrogens is 210 g/mol. The molecule has 0 spiro atoms. The molecule has 2 rings (SSSR count). The van der Waals surface area contributed by atoms with Crippen LogP contribution in [0.4, 0.5) is 0 Å². The fourth-order valence-electron chi connectivity index (χ4n) is 1.29. The van der Waals surface area contributed by atoms with Crippen LogP contribution < -0.4 is 0 Å². The average molecular weight is 221 g/mol. The minimum atomic E-state index is 0.251. The molecule has 0 aliphatic carbocycles. The summed E-state index contributed by atoms with van der Waals surface area (Å²) in [5.74, 6) is 1.09. The van der Waals surface area contributed by atoms with E-state index in [1.807, 2.05) is 13.2 Å². The number of phenols is 1. The van der Waals surface area contributed by atoms with Crippen LogP contribution in [0.3, 0.4) is 0 Å². The third kappa shape index (κ3) is 1.97. The van der Waals surface area contributed by atoms with E-state index in [0.29, 0.717) is 0 Å². The molecule has 0 aliphatic rings. The van der Waals surface area contributed by atoms with Crippen molar-refractivity contribution in [1.82, 2.24) is 14.8 Å². The van der Waals surface area contributed by atoms with Crippen molar-refractivity contribution in [2.75, 3.05) is 6.26 Å². The Morgan fingerprint density at radius 1 is 1.27 bits per heavy atom. The summed E-state index contributed by atoms with van der Waals surface area (Å²) in [5, 5.41) is 14.2.